The molecule has 1 atom stereocenters. The lowest BCUT2D eigenvalue weighted by Gasteiger charge is -2.32. The lowest BCUT2D eigenvalue weighted by Crippen LogP contribution is -2.41. The Morgan fingerprint density at radius 3 is 2.34 bits per heavy atom. The first kappa shape index (κ1) is 24.2. The quantitative estimate of drug-likeness (QED) is 0.393. The lowest BCUT2D eigenvalue weighted by molar-refractivity contribution is 0.00578. The van der Waals surface area contributed by atoms with Crippen molar-refractivity contribution in [1.29, 1.82) is 0 Å². The number of carbonyl (C=O) groups excluding carboxylic acids is 1. The molecule has 0 saturated carbocycles. The van der Waals surface area contributed by atoms with E-state index in [9.17, 15) is 17.6 Å². The number of carbonyl (C=O) groups is 1. The minimum Gasteiger partial charge on any atom is -0.399 e. The average molecular weight is 497 g/mol. The number of rotatable bonds is 5. The van der Waals surface area contributed by atoms with Gasteiger partial charge in [0.05, 0.1) is 28.2 Å². The van der Waals surface area contributed by atoms with Crippen molar-refractivity contribution < 1.29 is 26.9 Å². The molecule has 0 radical (unpaired) electrons. The number of nitrogens with zero attached hydrogens (tertiary/aromatic N) is 1. The summed E-state index contributed by atoms with van der Waals surface area (Å²) in [5.74, 6) is -0.349. The van der Waals surface area contributed by atoms with Crippen LogP contribution in [0.25, 0.3) is 16.6 Å². The van der Waals surface area contributed by atoms with Gasteiger partial charge < -0.3 is 13.9 Å². The van der Waals surface area contributed by atoms with Crippen LogP contribution in [0.3, 0.4) is 0 Å². The van der Waals surface area contributed by atoms with Crippen molar-refractivity contribution in [3.63, 3.8) is 0 Å². The van der Waals surface area contributed by atoms with Gasteiger partial charge in [-0.05, 0) is 75.8 Å². The Balaban J connectivity index is 1.56. The smallest absolute Gasteiger partial charge is 0.399 e. The highest BCUT2D eigenvalue weighted by Gasteiger charge is 2.52. The Hall–Kier alpha value is -2.49. The van der Waals surface area contributed by atoms with E-state index in [1.807, 2.05) is 50.6 Å². The number of benzene rings is 2. The molecule has 0 spiro atoms. The molecule has 2 aromatic carbocycles. The van der Waals surface area contributed by atoms with E-state index in [2.05, 4.69) is 0 Å². The third kappa shape index (κ3) is 4.45. The number of ketones is 1. The molecular formula is C26H29BFNO5S. The predicted octanol–water partition coefficient (Wildman–Crippen LogP) is 4.08. The Morgan fingerprint density at radius 1 is 1.09 bits per heavy atom. The highest BCUT2D eigenvalue weighted by Crippen LogP contribution is 2.37. The molecule has 1 aromatic heterocycles. The van der Waals surface area contributed by atoms with E-state index in [1.54, 1.807) is 18.2 Å². The molecule has 1 unspecified atom stereocenters. The summed E-state index contributed by atoms with van der Waals surface area (Å²) in [4.78, 5) is 13.1. The molecule has 5 rings (SSSR count). The van der Waals surface area contributed by atoms with E-state index in [0.29, 0.717) is 12.0 Å². The van der Waals surface area contributed by atoms with E-state index >= 15 is 0 Å². The van der Waals surface area contributed by atoms with E-state index in [1.165, 1.54) is 12.1 Å². The van der Waals surface area contributed by atoms with Crippen LogP contribution >= 0.6 is 0 Å². The molecule has 2 aliphatic rings. The van der Waals surface area contributed by atoms with Crippen molar-refractivity contribution in [3.05, 3.63) is 60.0 Å². The topological polar surface area (TPSA) is 74.6 Å². The van der Waals surface area contributed by atoms with Gasteiger partial charge in [0.15, 0.2) is 15.6 Å². The van der Waals surface area contributed by atoms with Crippen molar-refractivity contribution >= 4 is 39.1 Å². The second kappa shape index (κ2) is 8.28. The van der Waals surface area contributed by atoms with Crippen LogP contribution in [0, 0.1) is 11.7 Å². The minimum atomic E-state index is -3.04. The molecule has 3 heterocycles. The van der Waals surface area contributed by atoms with Gasteiger partial charge in [0.2, 0.25) is 0 Å². The Labute approximate surface area is 205 Å². The first-order valence-electron chi connectivity index (χ1n) is 11.9. The zero-order valence-electron chi connectivity index (χ0n) is 20.4. The van der Waals surface area contributed by atoms with Gasteiger partial charge in [0.25, 0.3) is 0 Å². The Bertz CT molecular complexity index is 1400. The van der Waals surface area contributed by atoms with Crippen LogP contribution in [-0.2, 0) is 19.1 Å². The van der Waals surface area contributed by atoms with Crippen molar-refractivity contribution in [3.8, 4) is 5.69 Å². The van der Waals surface area contributed by atoms with Crippen molar-refractivity contribution in [1.82, 2.24) is 4.57 Å². The minimum absolute atomic E-state index is 0.0685. The van der Waals surface area contributed by atoms with Crippen LogP contribution in [0.2, 0.25) is 0 Å². The predicted molar refractivity (Wildman–Crippen MR) is 135 cm³/mol. The molecule has 9 heteroatoms. The zero-order valence-corrected chi connectivity index (χ0v) is 21.2. The molecule has 0 amide bonds. The number of aromatic nitrogens is 1. The second-order valence-electron chi connectivity index (χ2n) is 10.6. The van der Waals surface area contributed by atoms with E-state index in [0.717, 1.165) is 22.1 Å². The number of fused-ring (bicyclic) bond motifs is 1. The Morgan fingerprint density at radius 2 is 1.74 bits per heavy atom. The van der Waals surface area contributed by atoms with Crippen molar-refractivity contribution in [2.75, 3.05) is 11.5 Å². The molecule has 2 saturated heterocycles. The number of sulfone groups is 1. The van der Waals surface area contributed by atoms with Gasteiger partial charge in [-0.15, -0.1) is 0 Å². The maximum absolute atomic E-state index is 13.6. The molecule has 0 N–H and O–H groups in total. The number of hydrogen-bond acceptors (Lipinski definition) is 5. The summed E-state index contributed by atoms with van der Waals surface area (Å²) >= 11 is 0. The summed E-state index contributed by atoms with van der Waals surface area (Å²) in [5, 5.41) is 0.868. The maximum atomic E-state index is 13.6. The molecule has 3 aromatic rings. The summed E-state index contributed by atoms with van der Waals surface area (Å²) in [6.45, 7) is 7.97. The third-order valence-corrected chi connectivity index (χ3v) is 9.41. The van der Waals surface area contributed by atoms with Crippen LogP contribution in [0.1, 0.15) is 50.9 Å². The van der Waals surface area contributed by atoms with Crippen LogP contribution in [0.4, 0.5) is 4.39 Å². The fourth-order valence-corrected chi connectivity index (χ4v) is 6.67. The van der Waals surface area contributed by atoms with E-state index in [4.69, 9.17) is 9.31 Å². The SMILES string of the molecule is CC1(C)OB(c2cn(-c3ccc(F)cc3)c3cc(C(=O)CC4CCS(=O)(=O)C4)ccc23)OC1(C)C. The first-order valence-corrected chi connectivity index (χ1v) is 13.7. The van der Waals surface area contributed by atoms with Gasteiger partial charge in [-0.1, -0.05) is 12.1 Å². The van der Waals surface area contributed by atoms with Crippen LogP contribution < -0.4 is 5.46 Å². The van der Waals surface area contributed by atoms with E-state index < -0.39 is 28.2 Å². The third-order valence-electron chi connectivity index (χ3n) is 7.57. The van der Waals surface area contributed by atoms with Gasteiger partial charge >= 0.3 is 7.12 Å². The molecule has 6 nitrogen and oxygen atoms in total. The van der Waals surface area contributed by atoms with Crippen LogP contribution in [0.5, 0.6) is 0 Å². The molecule has 2 aliphatic heterocycles. The number of halogens is 1. The van der Waals surface area contributed by atoms with Gasteiger partial charge in [-0.25, -0.2) is 12.8 Å². The van der Waals surface area contributed by atoms with Crippen LogP contribution in [0.15, 0.2) is 48.7 Å². The zero-order chi connectivity index (χ0) is 25.2. The Kier molecular flexibility index (Phi) is 5.73. The van der Waals surface area contributed by atoms with Crippen molar-refractivity contribution in [2.24, 2.45) is 5.92 Å². The second-order valence-corrected chi connectivity index (χ2v) is 12.9. The van der Waals surface area contributed by atoms with Crippen LogP contribution in [-0.4, -0.2) is 48.6 Å². The first-order chi connectivity index (χ1) is 16.4. The lowest BCUT2D eigenvalue weighted by atomic mass is 9.79. The summed E-state index contributed by atoms with van der Waals surface area (Å²) in [6, 6.07) is 11.6. The summed E-state index contributed by atoms with van der Waals surface area (Å²) < 4.78 is 51.7. The molecule has 2 fully saturated rings. The molecule has 0 bridgehead atoms. The maximum Gasteiger partial charge on any atom is 0.497 e. The number of Topliss-reactive ketones (excluding diaryl/α,β-unsaturated/α-hetero) is 1. The monoisotopic (exact) mass is 497 g/mol. The summed E-state index contributed by atoms with van der Waals surface area (Å²) in [5.41, 5.74) is 1.82. The van der Waals surface area contributed by atoms with E-state index in [-0.39, 0.29) is 35.4 Å². The number of hydrogen-bond donors (Lipinski definition) is 0. The van der Waals surface area contributed by atoms with Gasteiger partial charge in [0.1, 0.15) is 5.82 Å². The molecular weight excluding hydrogens is 468 g/mol. The van der Waals surface area contributed by atoms with Gasteiger partial charge in [-0.2, -0.15) is 0 Å². The molecule has 184 valence electrons. The standard InChI is InChI=1S/C26H29BFNO5S/c1-25(2)26(3,4)34-27(33-25)22-15-29(20-8-6-19(28)7-9-20)23-14-18(5-10-21(22)23)24(30)13-17-11-12-35(31,32)16-17/h5-10,14-15,17H,11-13,16H2,1-4H3. The normalized spacial score (nSPS) is 22.7. The average Bonchev–Trinajstić information content (AvgIpc) is 3.38. The summed E-state index contributed by atoms with van der Waals surface area (Å²) in [7, 11) is -3.65. The molecule has 0 aliphatic carbocycles. The fraction of sp³-hybridized carbons (Fsp3) is 0.423. The van der Waals surface area contributed by atoms with Gasteiger partial charge in [0, 0.05) is 29.3 Å². The highest BCUT2D eigenvalue weighted by atomic mass is 32.2. The summed E-state index contributed by atoms with van der Waals surface area (Å²) in [6.07, 6.45) is 2.64. The van der Waals surface area contributed by atoms with Crippen molar-refractivity contribution in [2.45, 2.75) is 51.7 Å². The fourth-order valence-electron chi connectivity index (χ4n) is 4.81. The molecule has 35 heavy (non-hydrogen) atoms. The largest absolute Gasteiger partial charge is 0.497 e. The van der Waals surface area contributed by atoms with Gasteiger partial charge in [-0.3, -0.25) is 4.79 Å². The highest BCUT2D eigenvalue weighted by molar-refractivity contribution is 7.91.